The molecule has 2 rings (SSSR count). The van der Waals surface area contributed by atoms with Crippen LogP contribution in [0.3, 0.4) is 0 Å². The van der Waals surface area contributed by atoms with E-state index in [2.05, 4.69) is 5.32 Å². The van der Waals surface area contributed by atoms with Gasteiger partial charge in [0.1, 0.15) is 12.2 Å². The smallest absolute Gasteiger partial charge is 0.224 e. The molecule has 3 N–H and O–H groups in total. The highest BCUT2D eigenvalue weighted by molar-refractivity contribution is 5.94. The van der Waals surface area contributed by atoms with E-state index in [1.807, 2.05) is 6.07 Å². The molecule has 0 radical (unpaired) electrons. The highest BCUT2D eigenvalue weighted by Crippen LogP contribution is 2.28. The fourth-order valence-corrected chi connectivity index (χ4v) is 2.27. The number of aliphatic hydroxyl groups excluding tert-OH is 2. The second kappa shape index (κ2) is 6.80. The van der Waals surface area contributed by atoms with Crippen molar-refractivity contribution in [3.8, 4) is 0 Å². The van der Waals surface area contributed by atoms with Crippen LogP contribution >= 0.6 is 0 Å². The Bertz CT molecular complexity index is 543. The largest absolute Gasteiger partial charge is 0.394 e. The van der Waals surface area contributed by atoms with Gasteiger partial charge in [-0.05, 0) is 30.5 Å². The molecule has 0 spiro atoms. The van der Waals surface area contributed by atoms with Gasteiger partial charge in [0.25, 0.3) is 0 Å². The van der Waals surface area contributed by atoms with Gasteiger partial charge in [0.05, 0.1) is 13.2 Å². The van der Waals surface area contributed by atoms with Gasteiger partial charge in [0, 0.05) is 12.1 Å². The first kappa shape index (κ1) is 15.6. The van der Waals surface area contributed by atoms with Gasteiger partial charge in [0.2, 0.25) is 5.91 Å². The van der Waals surface area contributed by atoms with E-state index in [4.69, 9.17) is 9.84 Å². The molecule has 1 amide bonds. The van der Waals surface area contributed by atoms with Gasteiger partial charge < -0.3 is 20.3 Å². The van der Waals surface area contributed by atoms with Crippen molar-refractivity contribution >= 4 is 17.4 Å². The molecular formula is C15H19NO5. The van der Waals surface area contributed by atoms with E-state index in [9.17, 15) is 14.7 Å². The van der Waals surface area contributed by atoms with Crippen molar-refractivity contribution in [2.45, 2.75) is 32.0 Å². The van der Waals surface area contributed by atoms with Crippen molar-refractivity contribution in [3.05, 3.63) is 29.3 Å². The third kappa shape index (κ3) is 3.87. The zero-order valence-electron chi connectivity index (χ0n) is 11.8. The number of aryl methyl sites for hydroxylation is 1. The molecule has 0 saturated carbocycles. The van der Waals surface area contributed by atoms with Gasteiger partial charge in [-0.3, -0.25) is 9.59 Å². The quantitative estimate of drug-likeness (QED) is 0.712. The summed E-state index contributed by atoms with van der Waals surface area (Å²) in [6.45, 7) is 0.882. The maximum absolute atomic E-state index is 11.7. The zero-order valence-corrected chi connectivity index (χ0v) is 11.8. The van der Waals surface area contributed by atoms with Crippen molar-refractivity contribution in [2.75, 3.05) is 18.5 Å². The second-order valence-electron chi connectivity index (χ2n) is 5.13. The maximum atomic E-state index is 11.7. The Hall–Kier alpha value is -1.76. The maximum Gasteiger partial charge on any atom is 0.224 e. The minimum Gasteiger partial charge on any atom is -0.394 e. The number of ketones is 1. The molecule has 1 aromatic carbocycles. The SMILES string of the molecule is CC(=O)[C@@H](OCC(O)CO)c1ccc2c(c1)CCC(=O)N2. The molecule has 0 aliphatic carbocycles. The summed E-state index contributed by atoms with van der Waals surface area (Å²) < 4.78 is 5.41. The average molecular weight is 293 g/mol. The summed E-state index contributed by atoms with van der Waals surface area (Å²) in [5.74, 6) is -0.194. The lowest BCUT2D eigenvalue weighted by Crippen LogP contribution is -2.24. The second-order valence-corrected chi connectivity index (χ2v) is 5.13. The molecule has 1 unspecified atom stereocenters. The summed E-state index contributed by atoms with van der Waals surface area (Å²) in [6, 6.07) is 5.32. The van der Waals surface area contributed by atoms with Crippen LogP contribution in [-0.2, 0) is 20.7 Å². The van der Waals surface area contributed by atoms with Crippen molar-refractivity contribution in [1.82, 2.24) is 0 Å². The molecule has 0 fully saturated rings. The van der Waals surface area contributed by atoms with Gasteiger partial charge in [0.15, 0.2) is 5.78 Å². The normalized spacial score (nSPS) is 16.8. The average Bonchev–Trinajstić information content (AvgIpc) is 2.46. The van der Waals surface area contributed by atoms with Gasteiger partial charge in [-0.25, -0.2) is 0 Å². The lowest BCUT2D eigenvalue weighted by atomic mass is 9.97. The third-order valence-corrected chi connectivity index (χ3v) is 3.36. The number of nitrogens with one attached hydrogen (secondary N) is 1. The lowest BCUT2D eigenvalue weighted by Gasteiger charge is -2.21. The third-order valence-electron chi connectivity index (χ3n) is 3.36. The number of Topliss-reactive ketones (excluding diaryl/α,β-unsaturated/α-hetero) is 1. The molecular weight excluding hydrogens is 274 g/mol. The first-order valence-corrected chi connectivity index (χ1v) is 6.85. The number of benzene rings is 1. The zero-order chi connectivity index (χ0) is 15.4. The van der Waals surface area contributed by atoms with Crippen molar-refractivity contribution in [2.24, 2.45) is 0 Å². The van der Waals surface area contributed by atoms with Gasteiger partial charge in [-0.15, -0.1) is 0 Å². The Morgan fingerprint density at radius 2 is 2.19 bits per heavy atom. The van der Waals surface area contributed by atoms with Crippen LogP contribution in [0.2, 0.25) is 0 Å². The highest BCUT2D eigenvalue weighted by Gasteiger charge is 2.22. The molecule has 1 aromatic rings. The Labute approximate surface area is 122 Å². The Morgan fingerprint density at radius 3 is 2.86 bits per heavy atom. The molecule has 2 atom stereocenters. The van der Waals surface area contributed by atoms with E-state index in [1.165, 1.54) is 6.92 Å². The lowest BCUT2D eigenvalue weighted by molar-refractivity contribution is -0.131. The van der Waals surface area contributed by atoms with Crippen LogP contribution in [0, 0.1) is 0 Å². The van der Waals surface area contributed by atoms with Crippen LogP contribution in [0.1, 0.15) is 30.6 Å². The standard InChI is InChI=1S/C15H19NO5/c1-9(18)15(21-8-12(19)7-17)11-2-4-13-10(6-11)3-5-14(20)16-13/h2,4,6,12,15,17,19H,3,5,7-8H2,1H3,(H,16,20)/t12?,15-/m1/s1. The monoisotopic (exact) mass is 293 g/mol. The Balaban J connectivity index is 2.17. The summed E-state index contributed by atoms with van der Waals surface area (Å²) in [6.07, 6.45) is -0.748. The highest BCUT2D eigenvalue weighted by atomic mass is 16.5. The van der Waals surface area contributed by atoms with Crippen molar-refractivity contribution in [1.29, 1.82) is 0 Å². The first-order valence-electron chi connectivity index (χ1n) is 6.85. The van der Waals surface area contributed by atoms with Crippen LogP contribution < -0.4 is 5.32 Å². The predicted octanol–water partition coefficient (Wildman–Crippen LogP) is 0.571. The molecule has 1 aliphatic rings. The minimum atomic E-state index is -1.01. The van der Waals surface area contributed by atoms with Crippen LogP contribution in [0.15, 0.2) is 18.2 Å². The first-order chi connectivity index (χ1) is 10.0. The van der Waals surface area contributed by atoms with E-state index in [-0.39, 0.29) is 18.3 Å². The number of fused-ring (bicyclic) bond motifs is 1. The van der Waals surface area contributed by atoms with E-state index >= 15 is 0 Å². The molecule has 0 aromatic heterocycles. The fraction of sp³-hybridized carbons (Fsp3) is 0.467. The molecule has 0 saturated heterocycles. The summed E-state index contributed by atoms with van der Waals surface area (Å²) in [5, 5.41) is 20.9. The summed E-state index contributed by atoms with van der Waals surface area (Å²) in [7, 11) is 0. The molecule has 6 nitrogen and oxygen atoms in total. The molecule has 114 valence electrons. The van der Waals surface area contributed by atoms with Gasteiger partial charge in [-0.1, -0.05) is 12.1 Å². The van der Waals surface area contributed by atoms with E-state index in [0.717, 1.165) is 11.3 Å². The molecule has 21 heavy (non-hydrogen) atoms. The predicted molar refractivity (Wildman–Crippen MR) is 75.9 cm³/mol. The number of aliphatic hydroxyl groups is 2. The number of amides is 1. The summed E-state index contributed by atoms with van der Waals surface area (Å²) in [5.41, 5.74) is 2.40. The van der Waals surface area contributed by atoms with Crippen LogP contribution in [0.4, 0.5) is 5.69 Å². The van der Waals surface area contributed by atoms with Crippen molar-refractivity contribution < 1.29 is 24.5 Å². The topological polar surface area (TPSA) is 95.9 Å². The molecule has 1 aliphatic heterocycles. The number of hydrogen-bond donors (Lipinski definition) is 3. The van der Waals surface area contributed by atoms with E-state index in [0.29, 0.717) is 18.4 Å². The molecule has 0 bridgehead atoms. The van der Waals surface area contributed by atoms with Gasteiger partial charge >= 0.3 is 0 Å². The van der Waals surface area contributed by atoms with Crippen LogP contribution in [-0.4, -0.2) is 41.2 Å². The number of carbonyl (C=O) groups is 2. The van der Waals surface area contributed by atoms with E-state index in [1.54, 1.807) is 12.1 Å². The molecule has 1 heterocycles. The fourth-order valence-electron chi connectivity index (χ4n) is 2.27. The number of carbonyl (C=O) groups excluding carboxylic acids is 2. The number of ether oxygens (including phenoxy) is 1. The Kier molecular flexibility index (Phi) is 5.06. The number of rotatable bonds is 6. The Morgan fingerprint density at radius 1 is 1.43 bits per heavy atom. The molecule has 6 heteroatoms. The summed E-state index contributed by atoms with van der Waals surface area (Å²) in [4.78, 5) is 23.0. The van der Waals surface area contributed by atoms with Crippen LogP contribution in [0.5, 0.6) is 0 Å². The van der Waals surface area contributed by atoms with Crippen LogP contribution in [0.25, 0.3) is 0 Å². The minimum absolute atomic E-state index is 0.0133. The van der Waals surface area contributed by atoms with Gasteiger partial charge in [-0.2, -0.15) is 0 Å². The number of hydrogen-bond acceptors (Lipinski definition) is 5. The van der Waals surface area contributed by atoms with E-state index < -0.39 is 18.8 Å². The number of anilines is 1. The van der Waals surface area contributed by atoms with Crippen molar-refractivity contribution in [3.63, 3.8) is 0 Å². The summed E-state index contributed by atoms with van der Waals surface area (Å²) >= 11 is 0.